The summed E-state index contributed by atoms with van der Waals surface area (Å²) in [6.45, 7) is 3.62. The lowest BCUT2D eigenvalue weighted by molar-refractivity contribution is 0.591. The minimum Gasteiger partial charge on any atom is -0.324 e. The fraction of sp³-hybridized carbons (Fsp3) is 0.273. The molecule has 0 saturated heterocycles. The molecule has 3 N–H and O–H groups in total. The summed E-state index contributed by atoms with van der Waals surface area (Å²) in [6, 6.07) is 4.65. The second-order valence-electron chi connectivity index (χ2n) is 3.75. The van der Waals surface area contributed by atoms with Crippen molar-refractivity contribution in [2.24, 2.45) is 5.73 Å². The number of aromatic amines is 1. The molecule has 0 radical (unpaired) electrons. The minimum atomic E-state index is -0.299. The van der Waals surface area contributed by atoms with Gasteiger partial charge in [-0.2, -0.15) is 0 Å². The van der Waals surface area contributed by atoms with Crippen molar-refractivity contribution in [1.29, 1.82) is 0 Å². The summed E-state index contributed by atoms with van der Waals surface area (Å²) in [7, 11) is 0. The van der Waals surface area contributed by atoms with Gasteiger partial charge in [0.15, 0.2) is 0 Å². The van der Waals surface area contributed by atoms with Crippen LogP contribution in [0.25, 0.3) is 0 Å². The van der Waals surface area contributed by atoms with Gasteiger partial charge in [0.1, 0.15) is 11.6 Å². The number of H-pyrrole nitrogens is 1. The number of halogens is 1. The molecule has 0 bridgehead atoms. The zero-order valence-electron chi connectivity index (χ0n) is 9.57. The number of hydrogen-bond acceptors (Lipinski definition) is 4. The van der Waals surface area contributed by atoms with Crippen LogP contribution in [0.15, 0.2) is 28.3 Å². The van der Waals surface area contributed by atoms with E-state index in [1.807, 2.05) is 13.0 Å². The Kier molecular flexibility index (Phi) is 3.44. The molecule has 0 spiro atoms. The summed E-state index contributed by atoms with van der Waals surface area (Å²) in [6.07, 6.45) is 0. The molecule has 4 nitrogen and oxygen atoms in total. The van der Waals surface area contributed by atoms with Crippen molar-refractivity contribution >= 4 is 11.8 Å². The van der Waals surface area contributed by atoms with Crippen molar-refractivity contribution in [3.05, 3.63) is 35.4 Å². The van der Waals surface area contributed by atoms with Crippen LogP contribution in [0, 0.1) is 12.7 Å². The van der Waals surface area contributed by atoms with Crippen LogP contribution >= 0.6 is 11.8 Å². The first kappa shape index (κ1) is 12.1. The van der Waals surface area contributed by atoms with E-state index in [9.17, 15) is 4.39 Å². The molecule has 0 aliphatic heterocycles. The highest BCUT2D eigenvalue weighted by molar-refractivity contribution is 7.99. The third-order valence-electron chi connectivity index (χ3n) is 2.26. The van der Waals surface area contributed by atoms with Crippen LogP contribution in [0.2, 0.25) is 0 Å². The van der Waals surface area contributed by atoms with Gasteiger partial charge in [-0.15, -0.1) is 5.10 Å². The van der Waals surface area contributed by atoms with Gasteiger partial charge in [0.05, 0.1) is 4.90 Å². The van der Waals surface area contributed by atoms with Gasteiger partial charge >= 0.3 is 0 Å². The molecule has 6 heteroatoms. The summed E-state index contributed by atoms with van der Waals surface area (Å²) in [5.41, 5.74) is 6.58. The van der Waals surface area contributed by atoms with E-state index in [2.05, 4.69) is 15.2 Å². The Morgan fingerprint density at radius 1 is 1.47 bits per heavy atom. The molecular weight excluding hydrogens is 239 g/mol. The van der Waals surface area contributed by atoms with Gasteiger partial charge in [0.25, 0.3) is 0 Å². The predicted octanol–water partition coefficient (Wildman–Crippen LogP) is 2.42. The maximum Gasteiger partial charge on any atom is 0.213 e. The van der Waals surface area contributed by atoms with Crippen molar-refractivity contribution in [3.8, 4) is 0 Å². The third-order valence-corrected chi connectivity index (χ3v) is 3.26. The average Bonchev–Trinajstić information content (AvgIpc) is 2.67. The van der Waals surface area contributed by atoms with Gasteiger partial charge in [-0.1, -0.05) is 12.1 Å². The van der Waals surface area contributed by atoms with Crippen molar-refractivity contribution in [2.45, 2.75) is 29.9 Å². The monoisotopic (exact) mass is 252 g/mol. The van der Waals surface area contributed by atoms with Crippen LogP contribution < -0.4 is 5.73 Å². The Morgan fingerprint density at radius 3 is 2.82 bits per heavy atom. The summed E-state index contributed by atoms with van der Waals surface area (Å²) >= 11 is 1.18. The molecule has 1 aromatic carbocycles. The molecule has 1 aromatic heterocycles. The first-order valence-electron chi connectivity index (χ1n) is 5.19. The lowest BCUT2D eigenvalue weighted by Crippen LogP contribution is -2.07. The zero-order valence-corrected chi connectivity index (χ0v) is 10.4. The van der Waals surface area contributed by atoms with Crippen LogP contribution in [0.4, 0.5) is 4.39 Å². The zero-order chi connectivity index (χ0) is 12.4. The molecule has 0 aliphatic carbocycles. The average molecular weight is 252 g/mol. The van der Waals surface area contributed by atoms with E-state index < -0.39 is 0 Å². The molecule has 1 heterocycles. The van der Waals surface area contributed by atoms with Crippen molar-refractivity contribution in [3.63, 3.8) is 0 Å². The van der Waals surface area contributed by atoms with E-state index in [0.717, 1.165) is 5.56 Å². The number of hydrogen-bond donors (Lipinski definition) is 2. The molecule has 0 unspecified atom stereocenters. The Bertz CT molecular complexity index is 524. The summed E-state index contributed by atoms with van der Waals surface area (Å²) in [4.78, 5) is 4.62. The molecule has 0 aliphatic rings. The number of aryl methyl sites for hydroxylation is 1. The number of rotatable bonds is 3. The van der Waals surface area contributed by atoms with E-state index in [-0.39, 0.29) is 11.9 Å². The van der Waals surface area contributed by atoms with Crippen LogP contribution in [-0.4, -0.2) is 15.2 Å². The highest BCUT2D eigenvalue weighted by Crippen LogP contribution is 2.32. The van der Waals surface area contributed by atoms with Crippen LogP contribution in [-0.2, 0) is 0 Å². The molecule has 0 fully saturated rings. The lowest BCUT2D eigenvalue weighted by Gasteiger charge is -2.11. The number of nitrogens with two attached hydrogens (primary N) is 1. The predicted molar refractivity (Wildman–Crippen MR) is 64.2 cm³/mol. The number of benzene rings is 1. The van der Waals surface area contributed by atoms with E-state index in [1.54, 1.807) is 13.0 Å². The molecule has 1 atom stereocenters. The Labute approximate surface area is 103 Å². The van der Waals surface area contributed by atoms with Gasteiger partial charge < -0.3 is 5.73 Å². The van der Waals surface area contributed by atoms with Gasteiger partial charge in [0, 0.05) is 6.04 Å². The molecular formula is C11H13FN4S. The van der Waals surface area contributed by atoms with Gasteiger partial charge in [-0.05, 0) is 37.2 Å². The summed E-state index contributed by atoms with van der Waals surface area (Å²) < 4.78 is 13.8. The standard InChI is InChI=1S/C11H13FN4S/c1-6(13)8-4-3-5-9(12)10(8)17-11-14-7(2)15-16-11/h3-6H,13H2,1-2H3,(H,14,15,16)/t6-/m0/s1. The lowest BCUT2D eigenvalue weighted by atomic mass is 10.1. The molecule has 90 valence electrons. The number of nitrogens with zero attached hydrogens (tertiary/aromatic N) is 2. The van der Waals surface area contributed by atoms with E-state index in [1.165, 1.54) is 17.8 Å². The molecule has 2 aromatic rings. The third kappa shape index (κ3) is 2.65. The van der Waals surface area contributed by atoms with Gasteiger partial charge in [-0.25, -0.2) is 9.37 Å². The van der Waals surface area contributed by atoms with E-state index in [0.29, 0.717) is 15.9 Å². The molecule has 17 heavy (non-hydrogen) atoms. The Morgan fingerprint density at radius 2 is 2.24 bits per heavy atom. The smallest absolute Gasteiger partial charge is 0.213 e. The second kappa shape index (κ2) is 4.85. The quantitative estimate of drug-likeness (QED) is 0.880. The normalized spacial score (nSPS) is 12.7. The Hall–Kier alpha value is -1.40. The Balaban J connectivity index is 2.37. The molecule has 2 rings (SSSR count). The summed E-state index contributed by atoms with van der Waals surface area (Å²) in [5.74, 6) is 0.401. The fourth-order valence-electron chi connectivity index (χ4n) is 1.45. The van der Waals surface area contributed by atoms with Crippen LogP contribution in [0.1, 0.15) is 24.4 Å². The molecule has 0 amide bonds. The van der Waals surface area contributed by atoms with E-state index in [4.69, 9.17) is 5.73 Å². The largest absolute Gasteiger partial charge is 0.324 e. The fourth-order valence-corrected chi connectivity index (χ4v) is 2.44. The topological polar surface area (TPSA) is 67.6 Å². The minimum absolute atomic E-state index is 0.228. The first-order chi connectivity index (χ1) is 8.08. The van der Waals surface area contributed by atoms with Gasteiger partial charge in [-0.3, -0.25) is 5.10 Å². The van der Waals surface area contributed by atoms with E-state index >= 15 is 0 Å². The second-order valence-corrected chi connectivity index (χ2v) is 4.73. The van der Waals surface area contributed by atoms with Crippen LogP contribution in [0.5, 0.6) is 0 Å². The maximum absolute atomic E-state index is 13.8. The van der Waals surface area contributed by atoms with Crippen molar-refractivity contribution in [1.82, 2.24) is 15.2 Å². The highest BCUT2D eigenvalue weighted by Gasteiger charge is 2.14. The van der Waals surface area contributed by atoms with Crippen LogP contribution in [0.3, 0.4) is 0 Å². The molecule has 0 saturated carbocycles. The van der Waals surface area contributed by atoms with Crippen molar-refractivity contribution in [2.75, 3.05) is 0 Å². The number of aromatic nitrogens is 3. The SMILES string of the molecule is Cc1nc(Sc2c(F)cccc2[C@H](C)N)n[nH]1. The number of nitrogens with one attached hydrogen (secondary N) is 1. The first-order valence-corrected chi connectivity index (χ1v) is 6.00. The van der Waals surface area contributed by atoms with Gasteiger partial charge in [0.2, 0.25) is 5.16 Å². The summed E-state index contributed by atoms with van der Waals surface area (Å²) in [5, 5.41) is 7.19. The maximum atomic E-state index is 13.8. The highest BCUT2D eigenvalue weighted by atomic mass is 32.2. The van der Waals surface area contributed by atoms with Crippen molar-refractivity contribution < 1.29 is 4.39 Å².